The number of nitrogens with zero attached hydrogens (tertiary/aromatic N) is 4. The van der Waals surface area contributed by atoms with Crippen LogP contribution in [0.15, 0.2) is 41.3 Å². The first-order chi connectivity index (χ1) is 15.5. The molecule has 3 rings (SSSR count). The fourth-order valence-corrected chi connectivity index (χ4v) is 3.68. The van der Waals surface area contributed by atoms with Gasteiger partial charge in [-0.1, -0.05) is 6.07 Å². The molecule has 0 saturated carbocycles. The molecule has 0 saturated heterocycles. The van der Waals surface area contributed by atoms with Gasteiger partial charge in [0.05, 0.1) is 17.7 Å². The highest BCUT2D eigenvalue weighted by atomic mass is 17.0. The molecular formula is C20H20N4O9. The lowest BCUT2D eigenvalue weighted by Crippen LogP contribution is -2.52. The van der Waals surface area contributed by atoms with E-state index in [1.54, 1.807) is 26.0 Å². The summed E-state index contributed by atoms with van der Waals surface area (Å²) < 4.78 is 7.10. The van der Waals surface area contributed by atoms with Crippen molar-refractivity contribution in [1.82, 2.24) is 4.57 Å². The number of nitriles is 1. The molecule has 0 radical (unpaired) electrons. The van der Waals surface area contributed by atoms with Crippen LogP contribution in [-0.2, 0) is 16.1 Å². The first-order valence-corrected chi connectivity index (χ1v) is 9.72. The van der Waals surface area contributed by atoms with Crippen molar-refractivity contribution in [3.63, 3.8) is 0 Å². The molecular weight excluding hydrogens is 440 g/mol. The average Bonchev–Trinajstić information content (AvgIpc) is 2.74. The summed E-state index contributed by atoms with van der Waals surface area (Å²) in [5, 5.41) is 39.4. The fraction of sp³-hybridized carbons (Fsp3) is 0.400. The lowest BCUT2D eigenvalue weighted by Gasteiger charge is -2.42. The van der Waals surface area contributed by atoms with E-state index in [9.17, 15) is 35.4 Å². The van der Waals surface area contributed by atoms with Gasteiger partial charge in [-0.05, 0) is 37.6 Å². The van der Waals surface area contributed by atoms with Crippen molar-refractivity contribution in [2.45, 2.75) is 44.1 Å². The largest absolute Gasteiger partial charge is 0.485 e. The highest BCUT2D eigenvalue weighted by Crippen LogP contribution is 2.41. The molecule has 2 heterocycles. The second-order valence-corrected chi connectivity index (χ2v) is 7.92. The average molecular weight is 460 g/mol. The minimum Gasteiger partial charge on any atom is -0.485 e. The monoisotopic (exact) mass is 460 g/mol. The predicted octanol–water partition coefficient (Wildman–Crippen LogP) is 1.17. The van der Waals surface area contributed by atoms with E-state index in [4.69, 9.17) is 4.74 Å². The molecule has 1 aromatic heterocycles. The van der Waals surface area contributed by atoms with Crippen molar-refractivity contribution < 1.29 is 29.7 Å². The third-order valence-electron chi connectivity index (χ3n) is 5.21. The van der Waals surface area contributed by atoms with Gasteiger partial charge < -0.3 is 24.1 Å². The van der Waals surface area contributed by atoms with E-state index in [-0.39, 0.29) is 6.42 Å². The summed E-state index contributed by atoms with van der Waals surface area (Å²) in [7, 11) is 0. The second-order valence-electron chi connectivity index (χ2n) is 7.92. The van der Waals surface area contributed by atoms with Gasteiger partial charge in [-0.25, -0.2) is 0 Å². The Kier molecular flexibility index (Phi) is 6.50. The molecule has 13 nitrogen and oxygen atoms in total. The van der Waals surface area contributed by atoms with Crippen molar-refractivity contribution in [2.24, 2.45) is 0 Å². The number of hydrogen-bond acceptors (Lipinski definition) is 10. The van der Waals surface area contributed by atoms with Gasteiger partial charge in [-0.15, -0.1) is 20.2 Å². The summed E-state index contributed by atoms with van der Waals surface area (Å²) in [5.74, 6) is 0.389. The lowest BCUT2D eigenvalue weighted by atomic mass is 9.85. The Morgan fingerprint density at radius 3 is 2.64 bits per heavy atom. The van der Waals surface area contributed by atoms with Gasteiger partial charge in [0.2, 0.25) is 0 Å². The van der Waals surface area contributed by atoms with E-state index in [0.717, 1.165) is 0 Å². The topological polar surface area (TPSA) is 180 Å². The second kappa shape index (κ2) is 9.13. The van der Waals surface area contributed by atoms with E-state index in [1.165, 1.54) is 29.0 Å². The molecule has 3 atom stereocenters. The molecule has 0 aliphatic carbocycles. The van der Waals surface area contributed by atoms with E-state index in [2.05, 4.69) is 9.68 Å². The van der Waals surface area contributed by atoms with Crippen LogP contribution in [0.1, 0.15) is 36.6 Å². The molecule has 1 aliphatic heterocycles. The number of aliphatic hydroxyl groups excluding tert-OH is 1. The van der Waals surface area contributed by atoms with Gasteiger partial charge in [0.1, 0.15) is 30.2 Å². The van der Waals surface area contributed by atoms with E-state index in [1.807, 2.05) is 6.07 Å². The zero-order chi connectivity index (χ0) is 24.3. The van der Waals surface area contributed by atoms with Crippen molar-refractivity contribution in [3.8, 4) is 11.8 Å². The number of ether oxygens (including phenoxy) is 1. The number of fused-ring (bicyclic) bond motifs is 1. The minimum atomic E-state index is -1.31. The Labute approximate surface area is 186 Å². The first-order valence-electron chi connectivity index (χ1n) is 9.72. The standard InChI is InChI=1S/C20H20N4O9/c1-20(2)19(26)18(15-8-12(9-21)3-5-16(15)32-20)22-10-13(4-6-17(22)25)7-14(33-24(29)30)11-31-23(27)28/h3-6,8,10,14,18-19,26H,7,11H2,1-2H3/t14?,18-,19+/m1/s1. The molecule has 0 bridgehead atoms. The molecule has 2 aromatic rings. The molecule has 0 spiro atoms. The third-order valence-corrected chi connectivity index (χ3v) is 5.21. The van der Waals surface area contributed by atoms with Crippen LogP contribution >= 0.6 is 0 Å². The smallest absolute Gasteiger partial charge is 0.294 e. The van der Waals surface area contributed by atoms with Crippen molar-refractivity contribution in [1.29, 1.82) is 5.26 Å². The van der Waals surface area contributed by atoms with Gasteiger partial charge in [0, 0.05) is 24.2 Å². The number of hydrogen-bond donors (Lipinski definition) is 1. The Bertz CT molecular complexity index is 1170. The molecule has 1 aromatic carbocycles. The van der Waals surface area contributed by atoms with Crippen molar-refractivity contribution in [3.05, 3.63) is 83.8 Å². The van der Waals surface area contributed by atoms with Gasteiger partial charge in [-0.3, -0.25) is 4.79 Å². The number of rotatable bonds is 8. The summed E-state index contributed by atoms with van der Waals surface area (Å²) >= 11 is 0. The Morgan fingerprint density at radius 1 is 1.27 bits per heavy atom. The zero-order valence-electron chi connectivity index (χ0n) is 17.6. The molecule has 1 aliphatic rings. The maximum Gasteiger partial charge on any atom is 0.294 e. The molecule has 13 heteroatoms. The fourth-order valence-electron chi connectivity index (χ4n) is 3.68. The summed E-state index contributed by atoms with van der Waals surface area (Å²) in [6.45, 7) is 2.60. The summed E-state index contributed by atoms with van der Waals surface area (Å²) in [5.41, 5.74) is -0.493. The van der Waals surface area contributed by atoms with E-state index in [0.29, 0.717) is 22.4 Å². The van der Waals surface area contributed by atoms with Crippen LogP contribution in [0.25, 0.3) is 0 Å². The summed E-state index contributed by atoms with van der Waals surface area (Å²) in [6, 6.07) is 8.32. The first kappa shape index (κ1) is 23.5. The van der Waals surface area contributed by atoms with Crippen LogP contribution in [0.5, 0.6) is 5.75 Å². The minimum absolute atomic E-state index is 0.192. The van der Waals surface area contributed by atoms with Crippen molar-refractivity contribution >= 4 is 0 Å². The summed E-state index contributed by atoms with van der Waals surface area (Å²) in [6.07, 6.45) is -1.33. The molecule has 0 fully saturated rings. The number of benzene rings is 1. The molecule has 33 heavy (non-hydrogen) atoms. The molecule has 0 amide bonds. The highest BCUT2D eigenvalue weighted by Gasteiger charge is 2.44. The van der Waals surface area contributed by atoms with Gasteiger partial charge in [-0.2, -0.15) is 5.26 Å². The quantitative estimate of drug-likeness (QED) is 0.443. The van der Waals surface area contributed by atoms with Crippen LogP contribution in [0.3, 0.4) is 0 Å². The highest BCUT2D eigenvalue weighted by molar-refractivity contribution is 5.46. The van der Waals surface area contributed by atoms with Gasteiger partial charge >= 0.3 is 0 Å². The van der Waals surface area contributed by atoms with E-state index < -0.39 is 46.2 Å². The molecule has 174 valence electrons. The maximum atomic E-state index is 12.8. The van der Waals surface area contributed by atoms with Gasteiger partial charge in [0.25, 0.3) is 15.7 Å². The Hall–Kier alpha value is -4.18. The maximum absolute atomic E-state index is 12.8. The number of pyridine rings is 1. The lowest BCUT2D eigenvalue weighted by molar-refractivity contribution is -0.789. The van der Waals surface area contributed by atoms with Gasteiger partial charge in [0.15, 0.2) is 0 Å². The van der Waals surface area contributed by atoms with Crippen LogP contribution in [0.2, 0.25) is 0 Å². The zero-order valence-corrected chi connectivity index (χ0v) is 17.6. The van der Waals surface area contributed by atoms with Crippen molar-refractivity contribution in [2.75, 3.05) is 6.61 Å². The predicted molar refractivity (Wildman–Crippen MR) is 109 cm³/mol. The summed E-state index contributed by atoms with van der Waals surface area (Å²) in [4.78, 5) is 42.6. The number of aromatic nitrogens is 1. The third kappa shape index (κ3) is 5.18. The SMILES string of the molecule is CC1(C)Oc2ccc(C#N)cc2[C@@H](n2cc(CC(CO[N+](=O)[O-])O[N+](=O)[O-])ccc2=O)[C@@H]1O. The normalized spacial score (nSPS) is 19.3. The van der Waals surface area contributed by atoms with Crippen LogP contribution in [-0.4, -0.2) is 44.3 Å². The molecule has 1 N–H and O–H groups in total. The molecule has 1 unspecified atom stereocenters. The number of aliphatic hydroxyl groups is 1. The van der Waals surface area contributed by atoms with Crippen LogP contribution < -0.4 is 10.3 Å². The van der Waals surface area contributed by atoms with Crippen LogP contribution in [0, 0.1) is 31.6 Å². The Balaban J connectivity index is 2.03. The van der Waals surface area contributed by atoms with E-state index >= 15 is 0 Å². The Morgan fingerprint density at radius 2 is 2.00 bits per heavy atom. The van der Waals surface area contributed by atoms with Crippen LogP contribution in [0.4, 0.5) is 0 Å².